The summed E-state index contributed by atoms with van der Waals surface area (Å²) in [4.78, 5) is 13.6. The van der Waals surface area contributed by atoms with Crippen LogP contribution in [-0.2, 0) is 6.42 Å². The van der Waals surface area contributed by atoms with Crippen LogP contribution >= 0.6 is 32.3 Å². The molecule has 0 bridgehead atoms. The van der Waals surface area contributed by atoms with E-state index in [-0.39, 0.29) is 4.74 Å². The minimum atomic E-state index is -0.0327. The Bertz CT molecular complexity index is 605. The van der Waals surface area contributed by atoms with Gasteiger partial charge in [0, 0.05) is 12.2 Å². The van der Waals surface area contributed by atoms with E-state index in [1.807, 2.05) is 6.07 Å². The number of rotatable bonds is 1. The zero-order valence-corrected chi connectivity index (χ0v) is 11.4. The molecule has 0 aliphatic carbocycles. The third kappa shape index (κ3) is 1.90. The van der Waals surface area contributed by atoms with Crippen molar-refractivity contribution in [1.82, 2.24) is 0 Å². The fraction of sp³-hybridized carbons (Fsp3) is 0.250. The average Bonchev–Trinajstić information content (AvgIpc) is 2.69. The number of aryl methyl sites for hydroxylation is 1. The maximum absolute atomic E-state index is 11.5. The van der Waals surface area contributed by atoms with Crippen LogP contribution in [0.1, 0.15) is 12.0 Å². The van der Waals surface area contributed by atoms with Crippen molar-refractivity contribution < 1.29 is 0 Å². The zero-order valence-electron chi connectivity index (χ0n) is 8.98. The maximum Gasteiger partial charge on any atom is 0.263 e. The summed E-state index contributed by atoms with van der Waals surface area (Å²) in [7, 11) is 2.68. The molecule has 0 N–H and O–H groups in total. The summed E-state index contributed by atoms with van der Waals surface area (Å²) in [5.74, 6) is 0. The molecule has 2 heterocycles. The van der Waals surface area contributed by atoms with E-state index in [0.717, 1.165) is 24.4 Å². The Morgan fingerprint density at radius 3 is 2.82 bits per heavy atom. The minimum absolute atomic E-state index is 0.0327. The monoisotopic (exact) mass is 283 g/mol. The van der Waals surface area contributed by atoms with Crippen molar-refractivity contribution in [2.75, 3.05) is 11.4 Å². The van der Waals surface area contributed by atoms with E-state index in [9.17, 15) is 4.79 Å². The molecule has 88 valence electrons. The van der Waals surface area contributed by atoms with Crippen LogP contribution in [0.15, 0.2) is 29.1 Å². The normalized spacial score (nSPS) is 14.8. The zero-order chi connectivity index (χ0) is 11.8. The predicted octanol–water partition coefficient (Wildman–Crippen LogP) is 3.91. The van der Waals surface area contributed by atoms with Crippen molar-refractivity contribution in [3.63, 3.8) is 0 Å². The molecule has 1 aromatic carbocycles. The first-order valence-electron chi connectivity index (χ1n) is 5.41. The van der Waals surface area contributed by atoms with Crippen molar-refractivity contribution in [3.8, 4) is 0 Å². The van der Waals surface area contributed by atoms with Crippen LogP contribution in [0.2, 0.25) is 5.02 Å². The third-order valence-electron chi connectivity index (χ3n) is 2.92. The molecular formula is C12H10ClNOS2. The first kappa shape index (κ1) is 11.3. The highest BCUT2D eigenvalue weighted by molar-refractivity contribution is 7.70. The number of benzene rings is 1. The fourth-order valence-corrected chi connectivity index (χ4v) is 4.82. The van der Waals surface area contributed by atoms with Crippen molar-refractivity contribution in [1.29, 1.82) is 0 Å². The third-order valence-corrected chi connectivity index (χ3v) is 5.69. The Balaban J connectivity index is 2.12. The number of hydrogen-bond acceptors (Lipinski definition) is 4. The summed E-state index contributed by atoms with van der Waals surface area (Å²) >= 11 is 6.08. The van der Waals surface area contributed by atoms with Gasteiger partial charge in [0.25, 0.3) is 4.74 Å². The number of nitrogens with zero attached hydrogens (tertiary/aromatic N) is 1. The Kier molecular flexibility index (Phi) is 2.94. The summed E-state index contributed by atoms with van der Waals surface area (Å²) < 4.78 is -0.0327. The minimum Gasteiger partial charge on any atom is -0.331 e. The SMILES string of the molecule is O=c1ssc(N2CCCc3ccccc32)c1Cl. The average molecular weight is 284 g/mol. The van der Waals surface area contributed by atoms with Gasteiger partial charge in [-0.1, -0.05) is 40.1 Å². The molecule has 0 atom stereocenters. The maximum atomic E-state index is 11.5. The quantitative estimate of drug-likeness (QED) is 0.740. The summed E-state index contributed by atoms with van der Waals surface area (Å²) in [6.07, 6.45) is 2.20. The van der Waals surface area contributed by atoms with Gasteiger partial charge < -0.3 is 4.90 Å². The number of anilines is 2. The second-order valence-corrected chi connectivity index (χ2v) is 6.43. The molecule has 3 rings (SSSR count). The van der Waals surface area contributed by atoms with E-state index in [2.05, 4.69) is 23.1 Å². The molecular weight excluding hydrogens is 274 g/mol. The summed E-state index contributed by atoms with van der Waals surface area (Å²) in [6.45, 7) is 0.934. The van der Waals surface area contributed by atoms with Crippen molar-refractivity contribution >= 4 is 43.0 Å². The predicted molar refractivity (Wildman–Crippen MR) is 75.2 cm³/mol. The fourth-order valence-electron chi connectivity index (χ4n) is 2.15. The van der Waals surface area contributed by atoms with E-state index in [1.54, 1.807) is 0 Å². The Labute approximate surface area is 111 Å². The van der Waals surface area contributed by atoms with Gasteiger partial charge in [0.1, 0.15) is 10.0 Å². The van der Waals surface area contributed by atoms with E-state index < -0.39 is 0 Å². The highest BCUT2D eigenvalue weighted by Crippen LogP contribution is 2.39. The molecule has 1 aliphatic heterocycles. The van der Waals surface area contributed by atoms with Crippen LogP contribution < -0.4 is 9.64 Å². The van der Waals surface area contributed by atoms with Crippen LogP contribution in [-0.4, -0.2) is 6.54 Å². The summed E-state index contributed by atoms with van der Waals surface area (Å²) in [5, 5.41) is 1.27. The van der Waals surface area contributed by atoms with Gasteiger partial charge in [0.05, 0.1) is 0 Å². The summed E-state index contributed by atoms with van der Waals surface area (Å²) in [5.41, 5.74) is 2.52. The van der Waals surface area contributed by atoms with E-state index >= 15 is 0 Å². The number of para-hydroxylation sites is 1. The van der Waals surface area contributed by atoms with Gasteiger partial charge in [0.2, 0.25) is 0 Å². The molecule has 0 spiro atoms. The van der Waals surface area contributed by atoms with Crippen LogP contribution in [0.25, 0.3) is 0 Å². The van der Waals surface area contributed by atoms with Gasteiger partial charge in [0.15, 0.2) is 0 Å². The molecule has 1 aliphatic rings. The van der Waals surface area contributed by atoms with Crippen LogP contribution in [0.5, 0.6) is 0 Å². The van der Waals surface area contributed by atoms with Crippen molar-refractivity contribution in [2.24, 2.45) is 0 Å². The highest BCUT2D eigenvalue weighted by Gasteiger charge is 2.22. The molecule has 2 nitrogen and oxygen atoms in total. The molecule has 2 aromatic rings. The Hall–Kier alpha value is -0.840. The lowest BCUT2D eigenvalue weighted by atomic mass is 10.0. The second-order valence-electron chi connectivity index (χ2n) is 3.96. The van der Waals surface area contributed by atoms with Crippen molar-refractivity contribution in [3.05, 3.63) is 44.4 Å². The molecule has 17 heavy (non-hydrogen) atoms. The molecule has 0 unspecified atom stereocenters. The molecule has 0 amide bonds. The van der Waals surface area contributed by atoms with Gasteiger partial charge in [-0.05, 0) is 34.8 Å². The first-order valence-corrected chi connectivity index (χ1v) is 7.94. The molecule has 0 fully saturated rings. The van der Waals surface area contributed by atoms with Gasteiger partial charge in [-0.15, -0.1) is 0 Å². The smallest absolute Gasteiger partial charge is 0.263 e. The highest BCUT2D eigenvalue weighted by atomic mass is 35.5. The van der Waals surface area contributed by atoms with E-state index in [4.69, 9.17) is 11.6 Å². The lowest BCUT2D eigenvalue weighted by Crippen LogP contribution is -2.24. The van der Waals surface area contributed by atoms with Crippen LogP contribution in [0.4, 0.5) is 10.7 Å². The largest absolute Gasteiger partial charge is 0.331 e. The topological polar surface area (TPSA) is 20.3 Å². The van der Waals surface area contributed by atoms with Gasteiger partial charge >= 0.3 is 0 Å². The molecule has 1 aromatic heterocycles. The van der Waals surface area contributed by atoms with Gasteiger partial charge in [-0.3, -0.25) is 4.79 Å². The second kappa shape index (κ2) is 4.44. The van der Waals surface area contributed by atoms with Gasteiger partial charge in [-0.25, -0.2) is 0 Å². The van der Waals surface area contributed by atoms with Crippen LogP contribution in [0.3, 0.4) is 0 Å². The van der Waals surface area contributed by atoms with E-state index in [1.165, 1.54) is 31.9 Å². The Morgan fingerprint density at radius 1 is 1.24 bits per heavy atom. The Morgan fingerprint density at radius 2 is 2.06 bits per heavy atom. The van der Waals surface area contributed by atoms with E-state index in [0.29, 0.717) is 5.02 Å². The van der Waals surface area contributed by atoms with Gasteiger partial charge in [-0.2, -0.15) is 0 Å². The van der Waals surface area contributed by atoms with Crippen LogP contribution in [0, 0.1) is 0 Å². The number of halogens is 1. The molecule has 0 saturated carbocycles. The first-order chi connectivity index (χ1) is 8.27. The standard InChI is InChI=1S/C12H10ClNOS2/c13-10-11(16-17-12(10)15)14-7-3-5-8-4-1-2-6-9(8)14/h1-2,4,6H,3,5,7H2. The number of hydrogen-bond donors (Lipinski definition) is 0. The molecule has 0 saturated heterocycles. The summed E-state index contributed by atoms with van der Waals surface area (Å²) in [6, 6.07) is 8.32. The molecule has 5 heteroatoms. The molecule has 0 radical (unpaired) electrons. The number of fused-ring (bicyclic) bond motifs is 1. The lowest BCUT2D eigenvalue weighted by Gasteiger charge is -2.29. The van der Waals surface area contributed by atoms with Crippen molar-refractivity contribution in [2.45, 2.75) is 12.8 Å². The lowest BCUT2D eigenvalue weighted by molar-refractivity contribution is 0.770.